The van der Waals surface area contributed by atoms with Gasteiger partial charge in [0.2, 0.25) is 0 Å². The monoisotopic (exact) mass is 231 g/mol. The lowest BCUT2D eigenvalue weighted by atomic mass is 9.99. The van der Waals surface area contributed by atoms with Gasteiger partial charge >= 0.3 is 0 Å². The lowest BCUT2D eigenvalue weighted by molar-refractivity contribution is 0.0776. The predicted octanol–water partition coefficient (Wildman–Crippen LogP) is 2.53. The molecule has 2 fully saturated rings. The molecule has 0 unspecified atom stereocenters. The second-order valence-electron chi connectivity index (χ2n) is 5.29. The molecule has 3 rings (SSSR count). The minimum absolute atomic E-state index is 0.427. The number of hydrogen-bond acceptors (Lipinski definition) is 2. The van der Waals surface area contributed by atoms with E-state index in [0.717, 1.165) is 19.1 Å². The zero-order chi connectivity index (χ0) is 11.5. The average Bonchev–Trinajstić information content (AvgIpc) is 3.01. The summed E-state index contributed by atoms with van der Waals surface area (Å²) in [6.07, 6.45) is 6.66. The molecule has 2 aliphatic rings. The molecule has 0 amide bonds. The summed E-state index contributed by atoms with van der Waals surface area (Å²) in [5.41, 5.74) is 1.42. The highest BCUT2D eigenvalue weighted by atomic mass is 16.5. The highest BCUT2D eigenvalue weighted by Gasteiger charge is 2.31. The van der Waals surface area contributed by atoms with Gasteiger partial charge in [0.25, 0.3) is 0 Å². The van der Waals surface area contributed by atoms with Crippen molar-refractivity contribution in [1.29, 1.82) is 0 Å². The van der Waals surface area contributed by atoms with E-state index in [1.807, 2.05) is 0 Å². The van der Waals surface area contributed by atoms with E-state index in [0.29, 0.717) is 12.1 Å². The molecule has 0 bridgehead atoms. The summed E-state index contributed by atoms with van der Waals surface area (Å²) in [6.45, 7) is 0.947. The molecule has 0 aromatic heterocycles. The number of ether oxygens (including phenoxy) is 1. The summed E-state index contributed by atoms with van der Waals surface area (Å²) in [7, 11) is 0. The third-order valence-electron chi connectivity index (χ3n) is 3.74. The van der Waals surface area contributed by atoms with Crippen molar-refractivity contribution in [3.63, 3.8) is 0 Å². The minimum Gasteiger partial charge on any atom is -0.377 e. The van der Waals surface area contributed by atoms with Gasteiger partial charge in [-0.05, 0) is 37.7 Å². The second kappa shape index (κ2) is 5.19. The van der Waals surface area contributed by atoms with Crippen LogP contribution in [0, 0.1) is 0 Å². The molecule has 0 radical (unpaired) electrons. The maximum atomic E-state index is 5.85. The lowest BCUT2D eigenvalue weighted by Gasteiger charge is -2.24. The van der Waals surface area contributed by atoms with Crippen molar-refractivity contribution in [3.05, 3.63) is 35.9 Å². The number of rotatable bonds is 5. The third-order valence-corrected chi connectivity index (χ3v) is 3.74. The van der Waals surface area contributed by atoms with Crippen LogP contribution in [0.15, 0.2) is 30.3 Å². The van der Waals surface area contributed by atoms with Crippen molar-refractivity contribution in [2.24, 2.45) is 0 Å². The van der Waals surface area contributed by atoms with Crippen molar-refractivity contribution in [3.8, 4) is 0 Å². The van der Waals surface area contributed by atoms with Crippen LogP contribution >= 0.6 is 0 Å². The summed E-state index contributed by atoms with van der Waals surface area (Å²) in [6, 6.07) is 12.0. The normalized spacial score (nSPS) is 26.0. The molecule has 17 heavy (non-hydrogen) atoms. The van der Waals surface area contributed by atoms with Gasteiger partial charge in [-0.1, -0.05) is 30.3 Å². The van der Waals surface area contributed by atoms with Crippen LogP contribution in [0.25, 0.3) is 0 Å². The van der Waals surface area contributed by atoms with Crippen molar-refractivity contribution < 1.29 is 4.74 Å². The first-order valence-corrected chi connectivity index (χ1v) is 6.83. The van der Waals surface area contributed by atoms with Crippen molar-refractivity contribution in [2.45, 2.75) is 50.3 Å². The Labute approximate surface area is 103 Å². The molecule has 2 nitrogen and oxygen atoms in total. The van der Waals surface area contributed by atoms with Gasteiger partial charge in [0.05, 0.1) is 6.10 Å². The predicted molar refractivity (Wildman–Crippen MR) is 69.1 cm³/mol. The fraction of sp³-hybridized carbons (Fsp3) is 0.600. The highest BCUT2D eigenvalue weighted by Crippen LogP contribution is 2.24. The summed E-state index contributed by atoms with van der Waals surface area (Å²) < 4.78 is 5.85. The molecule has 0 spiro atoms. The molecule has 92 valence electrons. The van der Waals surface area contributed by atoms with Crippen LogP contribution in [-0.4, -0.2) is 24.8 Å². The van der Waals surface area contributed by atoms with E-state index in [-0.39, 0.29) is 0 Å². The smallest absolute Gasteiger partial charge is 0.0732 e. The van der Waals surface area contributed by atoms with E-state index in [2.05, 4.69) is 35.6 Å². The Morgan fingerprint density at radius 3 is 2.65 bits per heavy atom. The fourth-order valence-electron chi connectivity index (χ4n) is 2.64. The molecule has 1 N–H and O–H groups in total. The van der Waals surface area contributed by atoms with Crippen LogP contribution in [0.3, 0.4) is 0 Å². The van der Waals surface area contributed by atoms with Crippen LogP contribution < -0.4 is 5.32 Å². The topological polar surface area (TPSA) is 21.3 Å². The number of hydrogen-bond donors (Lipinski definition) is 1. The van der Waals surface area contributed by atoms with Crippen LogP contribution in [0.5, 0.6) is 0 Å². The summed E-state index contributed by atoms with van der Waals surface area (Å²) in [5, 5.41) is 3.76. The van der Waals surface area contributed by atoms with Crippen molar-refractivity contribution >= 4 is 0 Å². The van der Waals surface area contributed by atoms with E-state index < -0.39 is 0 Å². The molecular formula is C15H21NO. The summed E-state index contributed by atoms with van der Waals surface area (Å²) in [4.78, 5) is 0. The molecule has 1 aromatic rings. The van der Waals surface area contributed by atoms with Gasteiger partial charge in [-0.25, -0.2) is 0 Å². The van der Waals surface area contributed by atoms with Crippen LogP contribution in [0.1, 0.15) is 31.2 Å². The molecule has 1 saturated carbocycles. The van der Waals surface area contributed by atoms with Crippen molar-refractivity contribution in [1.82, 2.24) is 5.32 Å². The maximum Gasteiger partial charge on any atom is 0.0732 e. The highest BCUT2D eigenvalue weighted by molar-refractivity contribution is 5.16. The zero-order valence-electron chi connectivity index (χ0n) is 10.3. The van der Waals surface area contributed by atoms with Gasteiger partial charge < -0.3 is 10.1 Å². The average molecular weight is 231 g/mol. The first kappa shape index (κ1) is 11.2. The van der Waals surface area contributed by atoms with Crippen LogP contribution in [-0.2, 0) is 11.2 Å². The van der Waals surface area contributed by atoms with Gasteiger partial charge in [0.1, 0.15) is 0 Å². The van der Waals surface area contributed by atoms with Crippen molar-refractivity contribution in [2.75, 3.05) is 6.61 Å². The van der Waals surface area contributed by atoms with Crippen LogP contribution in [0.2, 0.25) is 0 Å². The third kappa shape index (κ3) is 3.08. The van der Waals surface area contributed by atoms with Gasteiger partial charge in [0.15, 0.2) is 0 Å². The summed E-state index contributed by atoms with van der Waals surface area (Å²) >= 11 is 0. The number of benzene rings is 1. The van der Waals surface area contributed by atoms with E-state index >= 15 is 0 Å². The Morgan fingerprint density at radius 2 is 2.00 bits per heavy atom. The van der Waals surface area contributed by atoms with Gasteiger partial charge in [0, 0.05) is 18.7 Å². The van der Waals surface area contributed by atoms with Gasteiger partial charge in [-0.3, -0.25) is 0 Å². The standard InChI is InChI=1S/C15H21NO/c1-2-5-12(6-3-1)11-14(16-13-8-9-13)15-7-4-10-17-15/h1-3,5-6,13-16H,4,7-11H2/t14-,15-/m0/s1. The first-order chi connectivity index (χ1) is 8.42. The lowest BCUT2D eigenvalue weighted by Crippen LogP contribution is -2.42. The molecule has 2 atom stereocenters. The van der Waals surface area contributed by atoms with Gasteiger partial charge in [-0.2, -0.15) is 0 Å². The first-order valence-electron chi connectivity index (χ1n) is 6.83. The second-order valence-corrected chi connectivity index (χ2v) is 5.29. The van der Waals surface area contributed by atoms with E-state index in [4.69, 9.17) is 4.74 Å². The molecule has 2 heteroatoms. The molecule has 1 aliphatic carbocycles. The van der Waals surface area contributed by atoms with E-state index in [9.17, 15) is 0 Å². The quantitative estimate of drug-likeness (QED) is 0.841. The Morgan fingerprint density at radius 1 is 1.18 bits per heavy atom. The maximum absolute atomic E-state index is 5.85. The summed E-state index contributed by atoms with van der Waals surface area (Å²) in [5.74, 6) is 0. The Balaban J connectivity index is 1.64. The fourth-order valence-corrected chi connectivity index (χ4v) is 2.64. The van der Waals surface area contributed by atoms with E-state index in [1.54, 1.807) is 0 Å². The Hall–Kier alpha value is -0.860. The molecule has 1 saturated heterocycles. The molecule has 1 heterocycles. The Bertz CT molecular complexity index is 341. The largest absolute Gasteiger partial charge is 0.377 e. The van der Waals surface area contributed by atoms with E-state index in [1.165, 1.54) is 31.2 Å². The molecule has 1 aromatic carbocycles. The molecule has 1 aliphatic heterocycles. The zero-order valence-corrected chi connectivity index (χ0v) is 10.3. The Kier molecular flexibility index (Phi) is 3.44. The minimum atomic E-state index is 0.427. The molecular weight excluding hydrogens is 210 g/mol. The number of nitrogens with one attached hydrogen (secondary N) is 1. The SMILES string of the molecule is c1ccc(C[C@H](NC2CC2)[C@@H]2CCCO2)cc1. The van der Waals surface area contributed by atoms with Crippen LogP contribution in [0.4, 0.5) is 0 Å². The van der Waals surface area contributed by atoms with Gasteiger partial charge in [-0.15, -0.1) is 0 Å².